The Morgan fingerprint density at radius 1 is 0.947 bits per heavy atom. The molecular formula is C12H32N2O2Si3. The summed E-state index contributed by atoms with van der Waals surface area (Å²) in [7, 11) is -4.71. The number of hydrogen-bond donors (Lipinski definition) is 2. The lowest BCUT2D eigenvalue weighted by atomic mass is 10.3. The fourth-order valence-electron chi connectivity index (χ4n) is 1.50. The number of carbonyl (C=O) groups excluding carboxylic acids is 1. The third-order valence-corrected chi connectivity index (χ3v) is 5.43. The molecule has 0 aromatic rings. The highest BCUT2D eigenvalue weighted by Gasteiger charge is 2.30. The molecule has 0 amide bonds. The molecule has 19 heavy (non-hydrogen) atoms. The van der Waals surface area contributed by atoms with E-state index in [1.165, 1.54) is 0 Å². The summed E-state index contributed by atoms with van der Waals surface area (Å²) in [5.74, 6) is -0.0904. The van der Waals surface area contributed by atoms with Gasteiger partial charge in [-0.1, -0.05) is 39.3 Å². The molecule has 0 radical (unpaired) electrons. The van der Waals surface area contributed by atoms with Gasteiger partial charge in [0.2, 0.25) is 8.32 Å². The second-order valence-corrected chi connectivity index (χ2v) is 22.2. The van der Waals surface area contributed by atoms with Gasteiger partial charge in [0.05, 0.1) is 0 Å². The van der Waals surface area contributed by atoms with Gasteiger partial charge < -0.3 is 14.4 Å². The van der Waals surface area contributed by atoms with Crippen LogP contribution in [0.15, 0.2) is 0 Å². The van der Waals surface area contributed by atoms with E-state index in [1.54, 1.807) is 0 Å². The number of carbonyl (C=O) groups is 1. The van der Waals surface area contributed by atoms with Crippen LogP contribution in [0.3, 0.4) is 0 Å². The smallest absolute Gasteiger partial charge is 0.310 e. The van der Waals surface area contributed by atoms with E-state index in [9.17, 15) is 4.79 Å². The first-order valence-electron chi connectivity index (χ1n) is 6.95. The summed E-state index contributed by atoms with van der Waals surface area (Å²) in [6.45, 7) is 20.1. The van der Waals surface area contributed by atoms with Crippen LogP contribution in [0.5, 0.6) is 0 Å². The summed E-state index contributed by atoms with van der Waals surface area (Å²) in [5.41, 5.74) is 0. The number of rotatable bonds is 7. The summed E-state index contributed by atoms with van der Waals surface area (Å²) in [5, 5.41) is 0. The molecule has 0 aromatic heterocycles. The normalized spacial score (nSPS) is 15.2. The molecule has 2 N–H and O–H groups in total. The lowest BCUT2D eigenvalue weighted by Gasteiger charge is -2.30. The van der Waals surface area contributed by atoms with Crippen LogP contribution in [0.1, 0.15) is 0 Å². The van der Waals surface area contributed by atoms with E-state index in [2.05, 4.69) is 49.2 Å². The molecule has 7 heteroatoms. The van der Waals surface area contributed by atoms with E-state index in [0.29, 0.717) is 6.54 Å². The predicted octanol–water partition coefficient (Wildman–Crippen LogP) is 2.58. The maximum atomic E-state index is 12.3. The second-order valence-electron chi connectivity index (χ2n) is 8.11. The van der Waals surface area contributed by atoms with Gasteiger partial charge in [0, 0.05) is 6.54 Å². The molecular weight excluding hydrogens is 288 g/mol. The quantitative estimate of drug-likeness (QED) is 0.708. The van der Waals surface area contributed by atoms with E-state index in [4.69, 9.17) is 4.43 Å². The number of hydrogen-bond acceptors (Lipinski definition) is 4. The zero-order valence-corrected chi connectivity index (χ0v) is 17.1. The Morgan fingerprint density at radius 3 is 1.74 bits per heavy atom. The summed E-state index contributed by atoms with van der Waals surface area (Å²) in [6.07, 6.45) is 0. The average molecular weight is 321 g/mol. The molecule has 0 saturated carbocycles. The van der Waals surface area contributed by atoms with Crippen LogP contribution in [0.25, 0.3) is 0 Å². The van der Waals surface area contributed by atoms with Gasteiger partial charge in [-0.25, -0.2) is 0 Å². The number of nitrogens with one attached hydrogen (secondary N) is 2. The Balaban J connectivity index is 4.72. The maximum Gasteiger partial charge on any atom is 0.310 e. The zero-order chi connectivity index (χ0) is 15.5. The Bertz CT molecular complexity index is 304. The van der Waals surface area contributed by atoms with Gasteiger partial charge >= 0.3 is 5.97 Å². The van der Waals surface area contributed by atoms with Crippen molar-refractivity contribution in [3.05, 3.63) is 0 Å². The van der Waals surface area contributed by atoms with Gasteiger partial charge in [-0.3, -0.25) is 4.79 Å². The Morgan fingerprint density at radius 2 is 1.42 bits per heavy atom. The van der Waals surface area contributed by atoms with Crippen molar-refractivity contribution in [1.29, 1.82) is 0 Å². The molecule has 0 saturated heterocycles. The molecule has 0 rings (SSSR count). The van der Waals surface area contributed by atoms with Crippen LogP contribution < -0.4 is 9.96 Å². The van der Waals surface area contributed by atoms with Gasteiger partial charge in [0.25, 0.3) is 0 Å². The fraction of sp³-hybridized carbons (Fsp3) is 0.917. The Kier molecular flexibility index (Phi) is 6.68. The molecule has 0 heterocycles. The minimum absolute atomic E-state index is 0.0904. The molecule has 0 fully saturated rings. The van der Waals surface area contributed by atoms with Crippen molar-refractivity contribution < 1.29 is 9.22 Å². The van der Waals surface area contributed by atoms with Crippen molar-refractivity contribution in [3.8, 4) is 0 Å². The van der Waals surface area contributed by atoms with Crippen molar-refractivity contribution in [2.75, 3.05) is 6.54 Å². The molecule has 0 spiro atoms. The summed E-state index contributed by atoms with van der Waals surface area (Å²) in [6, 6.07) is -0.217. The van der Waals surface area contributed by atoms with Gasteiger partial charge in [-0.05, 0) is 19.6 Å². The monoisotopic (exact) mass is 320 g/mol. The van der Waals surface area contributed by atoms with Crippen LogP contribution in [-0.2, 0) is 9.22 Å². The van der Waals surface area contributed by atoms with Crippen molar-refractivity contribution in [2.45, 2.75) is 65.0 Å². The molecule has 0 aliphatic carbocycles. The topological polar surface area (TPSA) is 50.4 Å². The van der Waals surface area contributed by atoms with Crippen LogP contribution in [0.4, 0.5) is 0 Å². The third kappa shape index (κ3) is 11.6. The van der Waals surface area contributed by atoms with E-state index in [-0.39, 0.29) is 12.0 Å². The zero-order valence-electron chi connectivity index (χ0n) is 14.1. The van der Waals surface area contributed by atoms with Crippen molar-refractivity contribution >= 4 is 30.8 Å². The van der Waals surface area contributed by atoms with Crippen LogP contribution in [0, 0.1) is 0 Å². The van der Waals surface area contributed by atoms with E-state index >= 15 is 0 Å². The molecule has 0 aromatic carbocycles. The molecule has 0 bridgehead atoms. The Labute approximate surface area is 122 Å². The average Bonchev–Trinajstić information content (AvgIpc) is 2.05. The van der Waals surface area contributed by atoms with Gasteiger partial charge in [-0.15, -0.1) is 0 Å². The summed E-state index contributed by atoms with van der Waals surface area (Å²) >= 11 is 0. The lowest BCUT2D eigenvalue weighted by molar-refractivity contribution is -0.136. The highest BCUT2D eigenvalue weighted by atomic mass is 28.4. The van der Waals surface area contributed by atoms with Crippen molar-refractivity contribution in [3.63, 3.8) is 0 Å². The fourth-order valence-corrected chi connectivity index (χ4v) is 4.32. The van der Waals surface area contributed by atoms with Crippen LogP contribution >= 0.6 is 0 Å². The molecule has 1 unspecified atom stereocenters. The highest BCUT2D eigenvalue weighted by molar-refractivity contribution is 6.74. The third-order valence-electron chi connectivity index (χ3n) is 2.14. The predicted molar refractivity (Wildman–Crippen MR) is 91.1 cm³/mol. The first kappa shape index (κ1) is 19.0. The largest absolute Gasteiger partial charge is 0.519 e. The van der Waals surface area contributed by atoms with Crippen molar-refractivity contribution in [2.24, 2.45) is 0 Å². The van der Waals surface area contributed by atoms with Crippen LogP contribution in [-0.4, -0.2) is 43.3 Å². The van der Waals surface area contributed by atoms with E-state index < -0.39 is 24.8 Å². The van der Waals surface area contributed by atoms with E-state index in [1.807, 2.05) is 19.6 Å². The minimum atomic E-state index is -1.82. The van der Waals surface area contributed by atoms with Gasteiger partial charge in [0.1, 0.15) is 22.5 Å². The molecule has 0 aliphatic heterocycles. The summed E-state index contributed by atoms with van der Waals surface area (Å²) < 4.78 is 5.65. The maximum absolute atomic E-state index is 12.3. The Hall–Kier alpha value is 0.0406. The molecule has 4 nitrogen and oxygen atoms in total. The second kappa shape index (κ2) is 6.66. The SMILES string of the molecule is C[Si](C)(C)NCC(N[Si](C)(C)C)C(=O)O[Si](C)(C)C. The molecule has 114 valence electrons. The summed E-state index contributed by atoms with van der Waals surface area (Å²) in [4.78, 5) is 19.3. The van der Waals surface area contributed by atoms with Crippen LogP contribution in [0.2, 0.25) is 58.9 Å². The molecule has 1 atom stereocenters. The molecule has 0 aliphatic rings. The highest BCUT2D eigenvalue weighted by Crippen LogP contribution is 2.07. The first-order valence-corrected chi connectivity index (χ1v) is 17.4. The lowest BCUT2D eigenvalue weighted by Crippen LogP contribution is -2.59. The minimum Gasteiger partial charge on any atom is -0.519 e. The van der Waals surface area contributed by atoms with E-state index in [0.717, 1.165) is 0 Å². The van der Waals surface area contributed by atoms with Gasteiger partial charge in [0.15, 0.2) is 0 Å². The standard InChI is InChI=1S/C12H32N2O2Si3/c1-17(2,3)13-10-11(14-18(4,5)6)12(15)16-19(7,8)9/h11,13-14H,10H2,1-9H3. The van der Waals surface area contributed by atoms with Crippen molar-refractivity contribution in [1.82, 2.24) is 9.96 Å². The van der Waals surface area contributed by atoms with Gasteiger partial charge in [-0.2, -0.15) is 0 Å². The first-order chi connectivity index (χ1) is 8.20.